The Morgan fingerprint density at radius 3 is 2.59 bits per heavy atom. The Morgan fingerprint density at radius 1 is 1.26 bits per heavy atom. The van der Waals surface area contributed by atoms with Crippen molar-refractivity contribution in [1.82, 2.24) is 0 Å². The lowest BCUT2D eigenvalue weighted by Gasteiger charge is -2.33. The molecule has 27 heavy (non-hydrogen) atoms. The van der Waals surface area contributed by atoms with Crippen molar-refractivity contribution in [1.29, 1.82) is 0 Å². The summed E-state index contributed by atoms with van der Waals surface area (Å²) in [6.45, 7) is 9.16. The number of carbonyl (C=O) groups excluding carboxylic acids is 2. The highest BCUT2D eigenvalue weighted by atomic mass is 16.7. The molecule has 0 N–H and O–H groups in total. The zero-order valence-electron chi connectivity index (χ0n) is 16.2. The minimum absolute atomic E-state index is 0.238. The van der Waals surface area contributed by atoms with Crippen molar-refractivity contribution in [3.63, 3.8) is 0 Å². The van der Waals surface area contributed by atoms with Gasteiger partial charge in [0.25, 0.3) is 0 Å². The minimum atomic E-state index is -0.846. The lowest BCUT2D eigenvalue weighted by Crippen LogP contribution is -2.44. The zero-order chi connectivity index (χ0) is 20.0. The van der Waals surface area contributed by atoms with Crippen molar-refractivity contribution in [2.75, 3.05) is 7.11 Å². The Labute approximate surface area is 159 Å². The van der Waals surface area contributed by atoms with Crippen LogP contribution in [0.2, 0.25) is 0 Å². The van der Waals surface area contributed by atoms with Crippen molar-refractivity contribution < 1.29 is 33.3 Å². The van der Waals surface area contributed by atoms with E-state index < -0.39 is 30.4 Å². The molecule has 2 rings (SSSR count). The fourth-order valence-corrected chi connectivity index (χ4v) is 2.82. The van der Waals surface area contributed by atoms with E-state index in [1.54, 1.807) is 6.92 Å². The molecule has 7 heteroatoms. The van der Waals surface area contributed by atoms with Gasteiger partial charge in [0.05, 0.1) is 12.9 Å². The Hall–Kier alpha value is -2.54. The Balaban J connectivity index is 2.08. The van der Waals surface area contributed by atoms with Gasteiger partial charge in [-0.25, -0.2) is 4.79 Å². The predicted molar refractivity (Wildman–Crippen MR) is 96.9 cm³/mol. The van der Waals surface area contributed by atoms with Gasteiger partial charge in [-0.05, 0) is 37.1 Å². The van der Waals surface area contributed by atoms with Gasteiger partial charge in [0.15, 0.2) is 6.10 Å². The number of carbonyl (C=O) groups is 2. The van der Waals surface area contributed by atoms with Crippen LogP contribution in [0.5, 0.6) is 5.75 Å². The molecule has 1 aromatic carbocycles. The highest BCUT2D eigenvalue weighted by Gasteiger charge is 2.37. The van der Waals surface area contributed by atoms with Crippen molar-refractivity contribution in [3.8, 4) is 5.75 Å². The molecule has 0 saturated carbocycles. The molecule has 1 saturated heterocycles. The first kappa shape index (κ1) is 20.8. The van der Waals surface area contributed by atoms with Crippen LogP contribution in [0, 0.1) is 6.92 Å². The molecule has 0 spiro atoms. The Bertz CT molecular complexity index is 698. The van der Waals surface area contributed by atoms with E-state index in [4.69, 9.17) is 23.7 Å². The maximum absolute atomic E-state index is 11.9. The van der Waals surface area contributed by atoms with E-state index in [0.29, 0.717) is 24.5 Å². The third kappa shape index (κ3) is 6.29. The van der Waals surface area contributed by atoms with Gasteiger partial charge in [-0.3, -0.25) is 4.79 Å². The molecule has 1 aliphatic heterocycles. The lowest BCUT2D eigenvalue weighted by molar-refractivity contribution is -0.204. The SMILES string of the molecule is C=C(C)OCc1ccc(OC2CC(OC(C)=O)CC(C(=O)OC)O2)c(C)c1. The molecule has 148 valence electrons. The van der Waals surface area contributed by atoms with Crippen LogP contribution in [0.1, 0.15) is 37.8 Å². The molecule has 1 heterocycles. The number of rotatable bonds is 7. The van der Waals surface area contributed by atoms with Gasteiger partial charge in [0.2, 0.25) is 6.29 Å². The van der Waals surface area contributed by atoms with Crippen molar-refractivity contribution in [2.45, 2.75) is 58.7 Å². The smallest absolute Gasteiger partial charge is 0.335 e. The largest absolute Gasteiger partial charge is 0.494 e. The van der Waals surface area contributed by atoms with E-state index in [0.717, 1.165) is 11.1 Å². The molecule has 3 atom stereocenters. The molecule has 1 aromatic rings. The predicted octanol–water partition coefficient (Wildman–Crippen LogP) is 3.03. The standard InChI is InChI=1S/C20H26O7/c1-12(2)24-11-15-6-7-17(13(3)8-15)26-19-10-16(25-14(4)21)9-18(27-19)20(22)23-5/h6-8,16,18-19H,1,9-11H2,2-5H3. The summed E-state index contributed by atoms with van der Waals surface area (Å²) in [6.07, 6.45) is -1.49. The second-order valence-corrected chi connectivity index (χ2v) is 6.49. The normalized spacial score (nSPS) is 21.9. The van der Waals surface area contributed by atoms with Crippen LogP contribution in [0.3, 0.4) is 0 Å². The van der Waals surface area contributed by atoms with Gasteiger partial charge in [-0.2, -0.15) is 0 Å². The topological polar surface area (TPSA) is 80.3 Å². The van der Waals surface area contributed by atoms with E-state index in [9.17, 15) is 9.59 Å². The average molecular weight is 378 g/mol. The number of esters is 2. The van der Waals surface area contributed by atoms with E-state index in [2.05, 4.69) is 6.58 Å². The maximum atomic E-state index is 11.9. The summed E-state index contributed by atoms with van der Waals surface area (Å²) in [7, 11) is 1.28. The van der Waals surface area contributed by atoms with Crippen LogP contribution in [-0.2, 0) is 35.1 Å². The number of hydrogen-bond donors (Lipinski definition) is 0. The van der Waals surface area contributed by atoms with Crippen LogP contribution >= 0.6 is 0 Å². The first-order chi connectivity index (χ1) is 12.8. The summed E-state index contributed by atoms with van der Waals surface area (Å²) < 4.78 is 27.0. The molecule has 0 aromatic heterocycles. The van der Waals surface area contributed by atoms with Crippen LogP contribution in [0.15, 0.2) is 30.5 Å². The molecule has 1 fully saturated rings. The Morgan fingerprint density at radius 2 is 2.00 bits per heavy atom. The number of methoxy groups -OCH3 is 1. The fraction of sp³-hybridized carbons (Fsp3) is 0.500. The first-order valence-corrected chi connectivity index (χ1v) is 8.73. The molecule has 1 aliphatic rings. The fourth-order valence-electron chi connectivity index (χ4n) is 2.82. The van der Waals surface area contributed by atoms with Gasteiger partial charge in [-0.15, -0.1) is 0 Å². The number of allylic oxidation sites excluding steroid dienone is 1. The molecule has 7 nitrogen and oxygen atoms in total. The first-order valence-electron chi connectivity index (χ1n) is 8.73. The van der Waals surface area contributed by atoms with Gasteiger partial charge in [0.1, 0.15) is 18.5 Å². The summed E-state index contributed by atoms with van der Waals surface area (Å²) in [5.74, 6) is 0.326. The molecule has 3 unspecified atom stereocenters. The summed E-state index contributed by atoms with van der Waals surface area (Å²) in [6, 6.07) is 5.65. The quantitative estimate of drug-likeness (QED) is 0.533. The molecule has 0 aliphatic carbocycles. The number of hydrogen-bond acceptors (Lipinski definition) is 7. The molecular formula is C20H26O7. The zero-order valence-corrected chi connectivity index (χ0v) is 16.2. The van der Waals surface area contributed by atoms with E-state index in [1.165, 1.54) is 14.0 Å². The molecule has 0 amide bonds. The second kappa shape index (κ2) is 9.41. The van der Waals surface area contributed by atoms with Gasteiger partial charge in [-0.1, -0.05) is 12.6 Å². The van der Waals surface area contributed by atoms with Gasteiger partial charge >= 0.3 is 11.9 Å². The van der Waals surface area contributed by atoms with Crippen molar-refractivity contribution in [3.05, 3.63) is 41.7 Å². The Kier molecular flexibility index (Phi) is 7.24. The monoisotopic (exact) mass is 378 g/mol. The van der Waals surface area contributed by atoms with Crippen LogP contribution in [0.4, 0.5) is 0 Å². The van der Waals surface area contributed by atoms with E-state index >= 15 is 0 Å². The molecular weight excluding hydrogens is 352 g/mol. The maximum Gasteiger partial charge on any atom is 0.335 e. The molecule has 0 radical (unpaired) electrons. The van der Waals surface area contributed by atoms with Gasteiger partial charge in [0, 0.05) is 19.8 Å². The summed E-state index contributed by atoms with van der Waals surface area (Å²) in [5, 5.41) is 0. The van der Waals surface area contributed by atoms with Gasteiger partial charge < -0.3 is 23.7 Å². The number of ether oxygens (including phenoxy) is 5. The highest BCUT2D eigenvalue weighted by molar-refractivity contribution is 5.74. The average Bonchev–Trinajstić information content (AvgIpc) is 2.60. The molecule has 0 bridgehead atoms. The third-order valence-corrected chi connectivity index (χ3v) is 4.03. The number of benzene rings is 1. The third-order valence-electron chi connectivity index (χ3n) is 4.03. The number of aryl methyl sites for hydroxylation is 1. The summed E-state index contributed by atoms with van der Waals surface area (Å²) in [4.78, 5) is 23.2. The van der Waals surface area contributed by atoms with Crippen LogP contribution in [0.25, 0.3) is 0 Å². The summed E-state index contributed by atoms with van der Waals surface area (Å²) >= 11 is 0. The minimum Gasteiger partial charge on any atom is -0.494 e. The highest BCUT2D eigenvalue weighted by Crippen LogP contribution is 2.28. The lowest BCUT2D eigenvalue weighted by atomic mass is 10.0. The van der Waals surface area contributed by atoms with E-state index in [1.807, 2.05) is 25.1 Å². The van der Waals surface area contributed by atoms with Crippen molar-refractivity contribution >= 4 is 11.9 Å². The van der Waals surface area contributed by atoms with Crippen molar-refractivity contribution in [2.24, 2.45) is 0 Å². The van der Waals surface area contributed by atoms with E-state index in [-0.39, 0.29) is 6.42 Å². The van der Waals surface area contributed by atoms with Crippen LogP contribution in [-0.4, -0.2) is 37.5 Å². The summed E-state index contributed by atoms with van der Waals surface area (Å²) in [5.41, 5.74) is 1.88. The second-order valence-electron chi connectivity index (χ2n) is 6.49. The van der Waals surface area contributed by atoms with Crippen LogP contribution < -0.4 is 4.74 Å².